The van der Waals surface area contributed by atoms with Gasteiger partial charge < -0.3 is 9.30 Å². The number of carbonyl (C=O) groups excluding carboxylic acids is 1. The second kappa shape index (κ2) is 10.1. The van der Waals surface area contributed by atoms with E-state index < -0.39 is 33.2 Å². The molecule has 4 aromatic rings. The lowest BCUT2D eigenvalue weighted by Gasteiger charge is -2.28. The van der Waals surface area contributed by atoms with Crippen molar-refractivity contribution in [3.8, 4) is 0 Å². The first kappa shape index (κ1) is 24.1. The van der Waals surface area contributed by atoms with E-state index in [2.05, 4.69) is 0 Å². The summed E-state index contributed by atoms with van der Waals surface area (Å²) < 4.78 is 37.2. The summed E-state index contributed by atoms with van der Waals surface area (Å²) in [6.45, 7) is -0.380. The van der Waals surface area contributed by atoms with Crippen LogP contribution in [-0.2, 0) is 19.0 Å². The minimum Gasteiger partial charge on any atom is -0.459 e. The number of carbonyl (C=O) groups is 1. The van der Waals surface area contributed by atoms with Crippen molar-refractivity contribution in [2.24, 2.45) is 0 Å². The third-order valence-corrected chi connectivity index (χ3v) is 6.01. The number of nitrogens with zero attached hydrogens (tertiary/aromatic N) is 2. The van der Waals surface area contributed by atoms with Gasteiger partial charge in [0.25, 0.3) is 15.8 Å². The molecule has 3 aromatic carbocycles. The maximum Gasteiger partial charge on any atom is 0.338 e. The molecule has 9 nitrogen and oxygen atoms in total. The lowest BCUT2D eigenvalue weighted by atomic mass is 10.0. The molecule has 10 heteroatoms. The van der Waals surface area contributed by atoms with Crippen molar-refractivity contribution < 1.29 is 27.1 Å². The smallest absolute Gasteiger partial charge is 0.338 e. The van der Waals surface area contributed by atoms with Crippen LogP contribution in [0.1, 0.15) is 22.0 Å². The van der Waals surface area contributed by atoms with Crippen LogP contribution in [0.5, 0.6) is 0 Å². The zero-order chi connectivity index (χ0) is 25.0. The Hall–Kier alpha value is -4.02. The molecule has 35 heavy (non-hydrogen) atoms. The summed E-state index contributed by atoms with van der Waals surface area (Å²) in [6, 6.07) is 23.0. The van der Waals surface area contributed by atoms with Gasteiger partial charge in [0.2, 0.25) is 0 Å². The molecular weight excluding hydrogens is 472 g/mol. The number of benzene rings is 3. The first-order chi connectivity index (χ1) is 16.7. The molecule has 0 saturated heterocycles. The zero-order valence-corrected chi connectivity index (χ0v) is 19.5. The van der Waals surface area contributed by atoms with Gasteiger partial charge in [-0.1, -0.05) is 48.5 Å². The van der Waals surface area contributed by atoms with Crippen molar-refractivity contribution in [3.63, 3.8) is 0 Å². The van der Waals surface area contributed by atoms with Gasteiger partial charge in [0.05, 0.1) is 22.8 Å². The highest BCUT2D eigenvalue weighted by Gasteiger charge is 2.31. The van der Waals surface area contributed by atoms with Crippen LogP contribution in [-0.4, -0.2) is 42.8 Å². The maximum absolute atomic E-state index is 12.6. The summed E-state index contributed by atoms with van der Waals surface area (Å²) in [5.41, 5.74) is 1.54. The minimum absolute atomic E-state index is 0.0939. The predicted octanol–water partition coefficient (Wildman–Crippen LogP) is 4.34. The van der Waals surface area contributed by atoms with Crippen molar-refractivity contribution in [2.75, 3.05) is 12.9 Å². The molecule has 4 rings (SSSR count). The van der Waals surface area contributed by atoms with E-state index in [4.69, 9.17) is 8.92 Å². The third-order valence-electron chi connectivity index (χ3n) is 5.41. The summed E-state index contributed by atoms with van der Waals surface area (Å²) in [4.78, 5) is 22.9. The van der Waals surface area contributed by atoms with Crippen LogP contribution < -0.4 is 0 Å². The molecule has 0 saturated carbocycles. The van der Waals surface area contributed by atoms with Gasteiger partial charge in [-0.15, -0.1) is 0 Å². The van der Waals surface area contributed by atoms with Gasteiger partial charge in [0, 0.05) is 23.8 Å². The number of hydrogen-bond acceptors (Lipinski definition) is 7. The number of nitro benzene ring substituents is 1. The average Bonchev–Trinajstić information content (AvgIpc) is 3.26. The second-order valence-corrected chi connectivity index (χ2v) is 9.48. The normalized spacial score (nSPS) is 13.3. The molecule has 2 unspecified atom stereocenters. The Morgan fingerprint density at radius 1 is 0.971 bits per heavy atom. The van der Waals surface area contributed by atoms with Gasteiger partial charge in [0.15, 0.2) is 0 Å². The number of para-hydroxylation sites is 1. The molecule has 1 aromatic heterocycles. The van der Waals surface area contributed by atoms with Crippen LogP contribution in [0, 0.1) is 10.1 Å². The Morgan fingerprint density at radius 2 is 1.63 bits per heavy atom. The summed E-state index contributed by atoms with van der Waals surface area (Å²) >= 11 is 0. The molecule has 0 N–H and O–H groups in total. The number of esters is 1. The number of aromatic nitrogens is 1. The molecule has 0 aliphatic rings. The highest BCUT2D eigenvalue weighted by Crippen LogP contribution is 2.30. The minimum atomic E-state index is -3.93. The van der Waals surface area contributed by atoms with Crippen molar-refractivity contribution in [2.45, 2.75) is 12.1 Å². The highest BCUT2D eigenvalue weighted by molar-refractivity contribution is 7.86. The Kier molecular flexibility index (Phi) is 6.94. The fraction of sp³-hybridized carbons (Fsp3) is 0.160. The van der Waals surface area contributed by atoms with Crippen LogP contribution in [0.2, 0.25) is 0 Å². The average molecular weight is 495 g/mol. The molecule has 180 valence electrons. The number of non-ortho nitro benzene ring substituents is 1. The van der Waals surface area contributed by atoms with Gasteiger partial charge in [-0.3, -0.25) is 14.3 Å². The molecule has 0 spiro atoms. The van der Waals surface area contributed by atoms with E-state index in [9.17, 15) is 23.3 Å². The largest absolute Gasteiger partial charge is 0.459 e. The molecular formula is C25H22N2O7S. The summed E-state index contributed by atoms with van der Waals surface area (Å²) in [5.74, 6) is -0.758. The zero-order valence-electron chi connectivity index (χ0n) is 18.7. The van der Waals surface area contributed by atoms with Crippen LogP contribution in [0.3, 0.4) is 0 Å². The first-order valence-corrected chi connectivity index (χ1v) is 12.4. The molecule has 0 bridgehead atoms. The number of fused-ring (bicyclic) bond motifs is 1. The van der Waals surface area contributed by atoms with Gasteiger partial charge in [-0.2, -0.15) is 8.42 Å². The van der Waals surface area contributed by atoms with E-state index in [1.807, 2.05) is 71.4 Å². The fourth-order valence-electron chi connectivity index (χ4n) is 3.91. The molecule has 0 amide bonds. The topological polar surface area (TPSA) is 118 Å². The molecule has 0 aliphatic carbocycles. The lowest BCUT2D eigenvalue weighted by molar-refractivity contribution is -0.384. The standard InChI is InChI=1S/C25H22N2O7S/c1-35(31,32)34-23(17-33-25(28)20-11-13-21(14-12-20)27(29)30)24(19-8-3-2-4-9-19)26-16-15-18-7-5-6-10-22(18)26/h2-16,23-24H,17H2,1H3. The Bertz CT molecular complexity index is 1450. The van der Waals surface area contributed by atoms with Crippen LogP contribution in [0.15, 0.2) is 91.1 Å². The van der Waals surface area contributed by atoms with Crippen molar-refractivity contribution >= 4 is 32.7 Å². The molecule has 2 atom stereocenters. The monoisotopic (exact) mass is 494 g/mol. The molecule has 0 fully saturated rings. The highest BCUT2D eigenvalue weighted by atomic mass is 32.2. The van der Waals surface area contributed by atoms with E-state index in [1.165, 1.54) is 24.3 Å². The Labute approximate surface area is 201 Å². The predicted molar refractivity (Wildman–Crippen MR) is 130 cm³/mol. The molecule has 0 radical (unpaired) electrons. The van der Waals surface area contributed by atoms with Gasteiger partial charge in [0.1, 0.15) is 12.7 Å². The second-order valence-electron chi connectivity index (χ2n) is 7.88. The van der Waals surface area contributed by atoms with Crippen molar-refractivity contribution in [1.82, 2.24) is 4.57 Å². The Balaban J connectivity index is 1.69. The number of nitro groups is 1. The molecule has 1 heterocycles. The first-order valence-electron chi connectivity index (χ1n) is 10.6. The lowest BCUT2D eigenvalue weighted by Crippen LogP contribution is -2.34. The van der Waals surface area contributed by atoms with E-state index in [1.54, 1.807) is 0 Å². The van der Waals surface area contributed by atoms with E-state index in [0.29, 0.717) is 0 Å². The summed E-state index contributed by atoms with van der Waals surface area (Å²) in [7, 11) is -3.93. The fourth-order valence-corrected chi connectivity index (χ4v) is 4.52. The SMILES string of the molecule is CS(=O)(=O)OC(COC(=O)c1ccc([N+](=O)[O-])cc1)C(c1ccccc1)n1ccc2ccccc21. The van der Waals surface area contributed by atoms with Crippen LogP contribution in [0.4, 0.5) is 5.69 Å². The summed E-state index contributed by atoms with van der Waals surface area (Å²) in [5, 5.41) is 11.8. The van der Waals surface area contributed by atoms with Crippen molar-refractivity contribution in [1.29, 1.82) is 0 Å². The van der Waals surface area contributed by atoms with Crippen LogP contribution in [0.25, 0.3) is 10.9 Å². The van der Waals surface area contributed by atoms with E-state index in [-0.39, 0.29) is 17.9 Å². The number of rotatable bonds is 9. The quantitative estimate of drug-likeness (QED) is 0.147. The number of ether oxygens (including phenoxy) is 1. The Morgan fingerprint density at radius 3 is 2.29 bits per heavy atom. The van der Waals surface area contributed by atoms with Crippen LogP contribution >= 0.6 is 0 Å². The third kappa shape index (κ3) is 5.73. The van der Waals surface area contributed by atoms with Crippen molar-refractivity contribution in [3.05, 3.63) is 112 Å². The van der Waals surface area contributed by atoms with Gasteiger partial charge in [-0.25, -0.2) is 4.79 Å². The van der Waals surface area contributed by atoms with Gasteiger partial charge >= 0.3 is 5.97 Å². The van der Waals surface area contributed by atoms with Gasteiger partial charge in [-0.05, 0) is 35.2 Å². The molecule has 0 aliphatic heterocycles. The van der Waals surface area contributed by atoms with E-state index >= 15 is 0 Å². The summed E-state index contributed by atoms with van der Waals surface area (Å²) in [6.07, 6.45) is 1.68. The van der Waals surface area contributed by atoms with E-state index in [0.717, 1.165) is 22.7 Å². The maximum atomic E-state index is 12.6. The number of hydrogen-bond donors (Lipinski definition) is 0.